The first kappa shape index (κ1) is 43.1. The van der Waals surface area contributed by atoms with Crippen LogP contribution >= 0.6 is 0 Å². The van der Waals surface area contributed by atoms with E-state index < -0.39 is 0 Å². The summed E-state index contributed by atoms with van der Waals surface area (Å²) < 4.78 is 54.3. The Morgan fingerprint density at radius 1 is 0.409 bits per heavy atom. The van der Waals surface area contributed by atoms with Crippen molar-refractivity contribution in [1.29, 1.82) is 0 Å². The molecule has 0 heterocycles. The summed E-state index contributed by atoms with van der Waals surface area (Å²) in [5, 5.41) is 0. The van der Waals surface area contributed by atoms with Crippen LogP contribution in [0.5, 0.6) is 0 Å². The lowest BCUT2D eigenvalue weighted by Crippen LogP contribution is -2.19. The van der Waals surface area contributed by atoms with Crippen molar-refractivity contribution in [3.05, 3.63) is 0 Å². The summed E-state index contributed by atoms with van der Waals surface area (Å²) in [4.78, 5) is 13.8. The van der Waals surface area contributed by atoms with E-state index in [1.165, 1.54) is 32.1 Å². The first-order valence-electron chi connectivity index (χ1n) is 16.7. The average Bonchev–Trinajstić information content (AvgIpc) is 3.01. The zero-order chi connectivity index (χ0) is 32.0. The van der Waals surface area contributed by atoms with Crippen LogP contribution in [-0.4, -0.2) is 157 Å². The van der Waals surface area contributed by atoms with Crippen LogP contribution in [0.15, 0.2) is 0 Å². The van der Waals surface area contributed by atoms with E-state index in [1.807, 2.05) is 14.1 Å². The fourth-order valence-corrected chi connectivity index (χ4v) is 3.62. The largest absolute Gasteiger partial charge is 0.463 e. The van der Waals surface area contributed by atoms with E-state index in [2.05, 4.69) is 11.8 Å². The van der Waals surface area contributed by atoms with Gasteiger partial charge in [0.1, 0.15) is 6.61 Å². The zero-order valence-electron chi connectivity index (χ0n) is 28.2. The maximum atomic E-state index is 11.7. The van der Waals surface area contributed by atoms with Gasteiger partial charge < -0.3 is 52.3 Å². The standard InChI is InChI=1S/C32H65NO11/c1-4-5-6-7-8-9-10-11-32(34)44-31-30-43-29-28-42-27-26-41-25-24-40-23-22-39-21-20-38-19-18-37-17-16-36-15-14-35-13-12-33(2)3/h4-31H2,1-3H3. The Labute approximate surface area is 267 Å². The van der Waals surface area contributed by atoms with E-state index in [-0.39, 0.29) is 5.97 Å². The van der Waals surface area contributed by atoms with Crippen LogP contribution in [0.2, 0.25) is 0 Å². The number of likely N-dealkylation sites (N-methyl/N-ethyl adjacent to an activating group) is 1. The van der Waals surface area contributed by atoms with Crippen molar-refractivity contribution in [2.75, 3.05) is 146 Å². The van der Waals surface area contributed by atoms with Gasteiger partial charge in [0.2, 0.25) is 0 Å². The summed E-state index contributed by atoms with van der Waals surface area (Å²) in [5.74, 6) is -0.138. The Balaban J connectivity index is 3.10. The number of carbonyl (C=O) groups excluding carboxylic acids is 1. The Morgan fingerprint density at radius 2 is 0.705 bits per heavy atom. The maximum absolute atomic E-state index is 11.7. The molecular weight excluding hydrogens is 574 g/mol. The van der Waals surface area contributed by atoms with Gasteiger partial charge in [0.15, 0.2) is 0 Å². The van der Waals surface area contributed by atoms with Crippen LogP contribution in [-0.2, 0) is 52.2 Å². The average molecular weight is 640 g/mol. The van der Waals surface area contributed by atoms with Crippen molar-refractivity contribution in [3.8, 4) is 0 Å². The third-order valence-corrected chi connectivity index (χ3v) is 6.13. The van der Waals surface area contributed by atoms with E-state index in [9.17, 15) is 4.79 Å². The minimum absolute atomic E-state index is 0.138. The molecule has 0 aliphatic carbocycles. The second kappa shape index (κ2) is 38.3. The van der Waals surface area contributed by atoms with Gasteiger partial charge in [-0.05, 0) is 20.5 Å². The quantitative estimate of drug-likeness (QED) is 0.0729. The van der Waals surface area contributed by atoms with Gasteiger partial charge in [-0.25, -0.2) is 0 Å². The molecule has 0 saturated heterocycles. The van der Waals surface area contributed by atoms with Crippen LogP contribution in [0.4, 0.5) is 0 Å². The SMILES string of the molecule is CCCCCCCCCC(=O)OCCOCCOCCOCCOCCOCCOCCOCCOCCOCCN(C)C. The normalized spacial score (nSPS) is 11.5. The molecule has 0 aromatic rings. The molecule has 0 spiro atoms. The van der Waals surface area contributed by atoms with Gasteiger partial charge in [-0.15, -0.1) is 0 Å². The molecule has 0 saturated carbocycles. The summed E-state index contributed by atoms with van der Waals surface area (Å²) >= 11 is 0. The second-order valence-electron chi connectivity index (χ2n) is 10.4. The van der Waals surface area contributed by atoms with Crippen molar-refractivity contribution in [2.45, 2.75) is 58.3 Å². The molecule has 0 aliphatic heterocycles. The summed E-state index contributed by atoms with van der Waals surface area (Å²) in [5.41, 5.74) is 0. The number of rotatable bonds is 38. The van der Waals surface area contributed by atoms with Crippen LogP contribution in [0.3, 0.4) is 0 Å². The molecule has 0 N–H and O–H groups in total. The molecule has 0 atom stereocenters. The van der Waals surface area contributed by atoms with Crippen LogP contribution in [0, 0.1) is 0 Å². The lowest BCUT2D eigenvalue weighted by Gasteiger charge is -2.10. The van der Waals surface area contributed by atoms with E-state index >= 15 is 0 Å². The van der Waals surface area contributed by atoms with Crippen molar-refractivity contribution in [3.63, 3.8) is 0 Å². The van der Waals surface area contributed by atoms with Gasteiger partial charge in [-0.1, -0.05) is 45.4 Å². The highest BCUT2D eigenvalue weighted by Gasteiger charge is 2.03. The van der Waals surface area contributed by atoms with E-state index in [4.69, 9.17) is 47.4 Å². The molecule has 0 unspecified atom stereocenters. The highest BCUT2D eigenvalue weighted by molar-refractivity contribution is 5.69. The van der Waals surface area contributed by atoms with Gasteiger partial charge in [-0.2, -0.15) is 0 Å². The lowest BCUT2D eigenvalue weighted by atomic mass is 10.1. The van der Waals surface area contributed by atoms with E-state index in [1.54, 1.807) is 0 Å². The Kier molecular flexibility index (Phi) is 37.4. The predicted molar refractivity (Wildman–Crippen MR) is 169 cm³/mol. The Bertz CT molecular complexity index is 558. The molecule has 12 heteroatoms. The van der Waals surface area contributed by atoms with Gasteiger partial charge in [-0.3, -0.25) is 4.79 Å². The summed E-state index contributed by atoms with van der Waals surface area (Å²) in [6, 6.07) is 0. The molecule has 44 heavy (non-hydrogen) atoms. The van der Waals surface area contributed by atoms with Crippen molar-refractivity contribution >= 4 is 5.97 Å². The molecule has 0 aromatic carbocycles. The number of hydrogen-bond acceptors (Lipinski definition) is 12. The topological polar surface area (TPSA) is 113 Å². The van der Waals surface area contributed by atoms with Crippen LogP contribution < -0.4 is 0 Å². The molecule has 12 nitrogen and oxygen atoms in total. The summed E-state index contributed by atoms with van der Waals surface area (Å²) in [6.07, 6.45) is 8.82. The fraction of sp³-hybridized carbons (Fsp3) is 0.969. The predicted octanol–water partition coefficient (Wildman–Crippen LogP) is 3.38. The summed E-state index contributed by atoms with van der Waals surface area (Å²) in [6.45, 7) is 12.8. The number of unbranched alkanes of at least 4 members (excludes halogenated alkanes) is 6. The molecule has 0 amide bonds. The molecule has 264 valence electrons. The van der Waals surface area contributed by atoms with Crippen LogP contribution in [0.25, 0.3) is 0 Å². The fourth-order valence-electron chi connectivity index (χ4n) is 3.62. The highest BCUT2D eigenvalue weighted by Crippen LogP contribution is 2.08. The van der Waals surface area contributed by atoms with Crippen molar-refractivity contribution in [1.82, 2.24) is 4.90 Å². The monoisotopic (exact) mass is 639 g/mol. The van der Waals surface area contributed by atoms with Gasteiger partial charge in [0.05, 0.1) is 119 Å². The van der Waals surface area contributed by atoms with Gasteiger partial charge >= 0.3 is 5.97 Å². The van der Waals surface area contributed by atoms with Crippen molar-refractivity contribution < 1.29 is 52.2 Å². The smallest absolute Gasteiger partial charge is 0.305 e. The van der Waals surface area contributed by atoms with E-state index in [0.29, 0.717) is 132 Å². The first-order chi connectivity index (χ1) is 21.7. The molecule has 0 rings (SSSR count). The zero-order valence-corrected chi connectivity index (χ0v) is 28.2. The second-order valence-corrected chi connectivity index (χ2v) is 10.4. The van der Waals surface area contributed by atoms with Crippen molar-refractivity contribution in [2.24, 2.45) is 0 Å². The van der Waals surface area contributed by atoms with Crippen LogP contribution in [0.1, 0.15) is 58.3 Å². The minimum atomic E-state index is -0.138. The van der Waals surface area contributed by atoms with Gasteiger partial charge in [0, 0.05) is 13.0 Å². The summed E-state index contributed by atoms with van der Waals surface area (Å²) in [7, 11) is 4.04. The van der Waals surface area contributed by atoms with Gasteiger partial charge in [0.25, 0.3) is 0 Å². The number of ether oxygens (including phenoxy) is 10. The highest BCUT2D eigenvalue weighted by atomic mass is 16.6. The minimum Gasteiger partial charge on any atom is -0.463 e. The molecule has 0 bridgehead atoms. The third kappa shape index (κ3) is 39.1. The molecule has 0 aliphatic rings. The Hall–Kier alpha value is -0.930. The Morgan fingerprint density at radius 3 is 1.05 bits per heavy atom. The molecule has 0 aromatic heterocycles. The number of hydrogen-bond donors (Lipinski definition) is 0. The molecule has 0 radical (unpaired) electrons. The third-order valence-electron chi connectivity index (χ3n) is 6.13. The molecule has 0 fully saturated rings. The maximum Gasteiger partial charge on any atom is 0.305 e. The molecular formula is C32H65NO11. The first-order valence-corrected chi connectivity index (χ1v) is 16.7. The number of nitrogens with zero attached hydrogens (tertiary/aromatic N) is 1. The van der Waals surface area contributed by atoms with E-state index in [0.717, 1.165) is 19.4 Å². The number of esters is 1. The lowest BCUT2D eigenvalue weighted by molar-refractivity contribution is -0.145. The number of carbonyl (C=O) groups is 1.